The molecule has 6 heteroatoms. The summed E-state index contributed by atoms with van der Waals surface area (Å²) in [7, 11) is 1.87. The van der Waals surface area contributed by atoms with Gasteiger partial charge < -0.3 is 10.2 Å². The lowest BCUT2D eigenvalue weighted by Gasteiger charge is -2.34. The summed E-state index contributed by atoms with van der Waals surface area (Å²) >= 11 is 1.70. The Hall–Kier alpha value is -1.15. The van der Waals surface area contributed by atoms with Gasteiger partial charge in [0, 0.05) is 25.0 Å². The van der Waals surface area contributed by atoms with Gasteiger partial charge in [-0.25, -0.2) is 4.98 Å². The highest BCUT2D eigenvalue weighted by atomic mass is 127. The van der Waals surface area contributed by atoms with Crippen molar-refractivity contribution < 1.29 is 0 Å². The van der Waals surface area contributed by atoms with E-state index in [0.717, 1.165) is 37.2 Å². The molecule has 0 spiro atoms. The summed E-state index contributed by atoms with van der Waals surface area (Å²) in [6, 6.07) is 10.8. The Labute approximate surface area is 171 Å². The molecule has 1 fully saturated rings. The molecule has 0 bridgehead atoms. The maximum absolute atomic E-state index is 4.47. The van der Waals surface area contributed by atoms with E-state index in [2.05, 4.69) is 57.4 Å². The van der Waals surface area contributed by atoms with Crippen LogP contribution in [0.2, 0.25) is 0 Å². The number of nitrogens with zero attached hydrogens (tertiary/aromatic N) is 3. The Balaban J connectivity index is 0.00000225. The van der Waals surface area contributed by atoms with Crippen LogP contribution >= 0.6 is 35.3 Å². The monoisotopic (exact) mass is 470 g/mol. The molecule has 25 heavy (non-hydrogen) atoms. The first kappa shape index (κ1) is 20.2. The molecular weight excluding hydrogens is 443 g/mol. The minimum absolute atomic E-state index is 0. The highest BCUT2D eigenvalue weighted by Gasteiger charge is 2.21. The third-order valence-electron chi connectivity index (χ3n) is 4.74. The number of likely N-dealkylation sites (tertiary alicyclic amines) is 1. The van der Waals surface area contributed by atoms with Crippen molar-refractivity contribution in [3.05, 3.63) is 52.0 Å². The SMILES string of the molecule is CN=C(NCc1scnc1C)N1CCC(Cc2ccccc2)CC1.I. The van der Waals surface area contributed by atoms with Crippen molar-refractivity contribution in [3.63, 3.8) is 0 Å². The van der Waals surface area contributed by atoms with E-state index in [1.54, 1.807) is 11.3 Å². The van der Waals surface area contributed by atoms with Crippen molar-refractivity contribution in [1.82, 2.24) is 15.2 Å². The smallest absolute Gasteiger partial charge is 0.193 e. The molecule has 1 aromatic heterocycles. The maximum Gasteiger partial charge on any atom is 0.193 e. The molecular formula is C19H27IN4S. The average molecular weight is 470 g/mol. The highest BCUT2D eigenvalue weighted by Crippen LogP contribution is 2.22. The summed E-state index contributed by atoms with van der Waals surface area (Å²) < 4.78 is 0. The lowest BCUT2D eigenvalue weighted by molar-refractivity contribution is 0.259. The molecule has 0 atom stereocenters. The van der Waals surface area contributed by atoms with Crippen LogP contribution in [0.15, 0.2) is 40.8 Å². The van der Waals surface area contributed by atoms with Gasteiger partial charge in [-0.2, -0.15) is 0 Å². The number of nitrogens with one attached hydrogen (secondary N) is 1. The molecule has 0 unspecified atom stereocenters. The molecule has 1 N–H and O–H groups in total. The third-order valence-corrected chi connectivity index (χ3v) is 5.68. The molecule has 3 rings (SSSR count). The van der Waals surface area contributed by atoms with Crippen molar-refractivity contribution >= 4 is 41.3 Å². The quantitative estimate of drug-likeness (QED) is 0.416. The van der Waals surface area contributed by atoms with E-state index < -0.39 is 0 Å². The molecule has 2 heterocycles. The number of aryl methyl sites for hydroxylation is 1. The number of benzene rings is 1. The number of aliphatic imine (C=N–C) groups is 1. The Kier molecular flexibility index (Phi) is 8.15. The molecule has 1 saturated heterocycles. The largest absolute Gasteiger partial charge is 0.351 e. The number of piperidine rings is 1. The van der Waals surface area contributed by atoms with Gasteiger partial charge in [-0.15, -0.1) is 35.3 Å². The molecule has 1 aromatic carbocycles. The van der Waals surface area contributed by atoms with Crippen LogP contribution in [0.25, 0.3) is 0 Å². The van der Waals surface area contributed by atoms with E-state index in [1.807, 2.05) is 12.6 Å². The summed E-state index contributed by atoms with van der Waals surface area (Å²) in [5.41, 5.74) is 4.48. The molecule has 0 radical (unpaired) electrons. The van der Waals surface area contributed by atoms with E-state index in [9.17, 15) is 0 Å². The van der Waals surface area contributed by atoms with Crippen LogP contribution in [0.5, 0.6) is 0 Å². The predicted molar refractivity (Wildman–Crippen MR) is 117 cm³/mol. The number of hydrogen-bond acceptors (Lipinski definition) is 3. The molecule has 4 nitrogen and oxygen atoms in total. The first-order valence-electron chi connectivity index (χ1n) is 8.64. The summed E-state index contributed by atoms with van der Waals surface area (Å²) in [6.07, 6.45) is 3.66. The molecule has 136 valence electrons. The van der Waals surface area contributed by atoms with Crippen molar-refractivity contribution in [3.8, 4) is 0 Å². The number of halogens is 1. The molecule has 2 aromatic rings. The Bertz CT molecular complexity index is 663. The minimum Gasteiger partial charge on any atom is -0.351 e. The van der Waals surface area contributed by atoms with Crippen LogP contribution in [0.4, 0.5) is 0 Å². The van der Waals surface area contributed by atoms with E-state index in [0.29, 0.717) is 0 Å². The average Bonchev–Trinajstić information content (AvgIpc) is 3.03. The van der Waals surface area contributed by atoms with Crippen LogP contribution in [-0.2, 0) is 13.0 Å². The number of thiazole rings is 1. The van der Waals surface area contributed by atoms with Crippen LogP contribution in [-0.4, -0.2) is 36.0 Å². The van der Waals surface area contributed by atoms with E-state index in [1.165, 1.54) is 29.7 Å². The summed E-state index contributed by atoms with van der Waals surface area (Å²) in [4.78, 5) is 12.4. The zero-order valence-corrected chi connectivity index (χ0v) is 18.1. The zero-order valence-electron chi connectivity index (χ0n) is 14.9. The van der Waals surface area contributed by atoms with Crippen LogP contribution in [0.3, 0.4) is 0 Å². The second-order valence-electron chi connectivity index (χ2n) is 6.38. The molecule has 0 saturated carbocycles. The molecule has 0 aliphatic carbocycles. The van der Waals surface area contributed by atoms with Gasteiger partial charge in [0.25, 0.3) is 0 Å². The fourth-order valence-electron chi connectivity index (χ4n) is 3.28. The number of hydrogen-bond donors (Lipinski definition) is 1. The van der Waals surface area contributed by atoms with Crippen molar-refractivity contribution in [1.29, 1.82) is 0 Å². The Morgan fingerprint density at radius 3 is 2.60 bits per heavy atom. The van der Waals surface area contributed by atoms with Gasteiger partial charge in [0.1, 0.15) is 0 Å². The molecule has 1 aliphatic rings. The van der Waals surface area contributed by atoms with Gasteiger partial charge in [-0.3, -0.25) is 4.99 Å². The van der Waals surface area contributed by atoms with Gasteiger partial charge in [-0.05, 0) is 37.7 Å². The molecule has 1 aliphatic heterocycles. The minimum atomic E-state index is 0. The van der Waals surface area contributed by atoms with Crippen molar-refractivity contribution in [2.24, 2.45) is 10.9 Å². The topological polar surface area (TPSA) is 40.5 Å². The number of aromatic nitrogens is 1. The number of guanidine groups is 1. The second kappa shape index (κ2) is 10.1. The summed E-state index contributed by atoms with van der Waals surface area (Å²) in [6.45, 7) is 5.04. The van der Waals surface area contributed by atoms with Crippen LogP contribution < -0.4 is 5.32 Å². The number of rotatable bonds is 4. The van der Waals surface area contributed by atoms with Gasteiger partial charge in [0.05, 0.1) is 17.7 Å². The Morgan fingerprint density at radius 2 is 2.00 bits per heavy atom. The molecule has 0 amide bonds. The van der Waals surface area contributed by atoms with Crippen LogP contribution in [0, 0.1) is 12.8 Å². The highest BCUT2D eigenvalue weighted by molar-refractivity contribution is 14.0. The van der Waals surface area contributed by atoms with Crippen molar-refractivity contribution in [2.75, 3.05) is 20.1 Å². The second-order valence-corrected chi connectivity index (χ2v) is 7.32. The fourth-order valence-corrected chi connectivity index (χ4v) is 4.00. The third kappa shape index (κ3) is 5.67. The van der Waals surface area contributed by atoms with E-state index >= 15 is 0 Å². The van der Waals surface area contributed by atoms with Crippen LogP contribution in [0.1, 0.15) is 29.0 Å². The summed E-state index contributed by atoms with van der Waals surface area (Å²) in [5, 5.41) is 3.49. The van der Waals surface area contributed by atoms with Gasteiger partial charge >= 0.3 is 0 Å². The first-order chi connectivity index (χ1) is 11.8. The van der Waals surface area contributed by atoms with Gasteiger partial charge in [-0.1, -0.05) is 30.3 Å². The van der Waals surface area contributed by atoms with Crippen molar-refractivity contribution in [2.45, 2.75) is 32.7 Å². The first-order valence-corrected chi connectivity index (χ1v) is 9.52. The maximum atomic E-state index is 4.47. The standard InChI is InChI=1S/C19H26N4S.HI/c1-15-18(24-14-22-15)13-21-19(20-2)23-10-8-17(9-11-23)12-16-6-4-3-5-7-16;/h3-7,14,17H,8-13H2,1-2H3,(H,20,21);1H. The Morgan fingerprint density at radius 1 is 1.28 bits per heavy atom. The summed E-state index contributed by atoms with van der Waals surface area (Å²) in [5.74, 6) is 1.80. The zero-order chi connectivity index (χ0) is 16.8. The lowest BCUT2D eigenvalue weighted by atomic mass is 9.90. The lowest BCUT2D eigenvalue weighted by Crippen LogP contribution is -2.45. The van der Waals surface area contributed by atoms with E-state index in [4.69, 9.17) is 0 Å². The predicted octanol–water partition coefficient (Wildman–Crippen LogP) is 4.10. The normalized spacial score (nSPS) is 15.8. The van der Waals surface area contributed by atoms with E-state index in [-0.39, 0.29) is 24.0 Å². The van der Waals surface area contributed by atoms with Gasteiger partial charge in [0.15, 0.2) is 5.96 Å². The van der Waals surface area contributed by atoms with Gasteiger partial charge in [0.2, 0.25) is 0 Å². The fraction of sp³-hybridized carbons (Fsp3) is 0.474.